The standard InChI is InChI=1S/C19H32N4S.HI/c1-4-22(5-2)14-12-21-19(20-3)23-13-11-17(15-23)16-24-18-9-7-6-8-10-18;/h6-10,17H,4-5,11-16H2,1-3H3,(H,20,21);1H. The number of hydrogen-bond acceptors (Lipinski definition) is 3. The maximum absolute atomic E-state index is 4.48. The third-order valence-corrected chi connectivity index (χ3v) is 5.88. The van der Waals surface area contributed by atoms with Crippen LogP contribution in [-0.4, -0.2) is 67.8 Å². The highest BCUT2D eigenvalue weighted by Crippen LogP contribution is 2.25. The van der Waals surface area contributed by atoms with E-state index in [-0.39, 0.29) is 24.0 Å². The Balaban J connectivity index is 0.00000312. The summed E-state index contributed by atoms with van der Waals surface area (Å²) in [4.78, 5) is 10.7. The first-order valence-corrected chi connectivity index (χ1v) is 10.1. The first-order valence-electron chi connectivity index (χ1n) is 9.12. The lowest BCUT2D eigenvalue weighted by Crippen LogP contribution is -2.43. The second-order valence-corrected chi connectivity index (χ2v) is 7.32. The van der Waals surface area contributed by atoms with E-state index in [9.17, 15) is 0 Å². The van der Waals surface area contributed by atoms with E-state index in [4.69, 9.17) is 0 Å². The zero-order chi connectivity index (χ0) is 17.2. The summed E-state index contributed by atoms with van der Waals surface area (Å²) >= 11 is 1.97. The number of guanidine groups is 1. The fourth-order valence-corrected chi connectivity index (χ4v) is 4.14. The monoisotopic (exact) mass is 476 g/mol. The Bertz CT molecular complexity index is 493. The largest absolute Gasteiger partial charge is 0.355 e. The van der Waals surface area contributed by atoms with Crippen molar-refractivity contribution in [1.82, 2.24) is 15.1 Å². The molecule has 0 saturated carbocycles. The number of thioether (sulfide) groups is 1. The number of halogens is 1. The highest BCUT2D eigenvalue weighted by molar-refractivity contribution is 14.0. The summed E-state index contributed by atoms with van der Waals surface area (Å²) < 4.78 is 0. The van der Waals surface area contributed by atoms with Gasteiger partial charge in [0.15, 0.2) is 5.96 Å². The molecule has 25 heavy (non-hydrogen) atoms. The molecule has 1 saturated heterocycles. The van der Waals surface area contributed by atoms with Gasteiger partial charge in [0.05, 0.1) is 0 Å². The number of rotatable bonds is 8. The normalized spacial score (nSPS) is 17.7. The quantitative estimate of drug-likeness (QED) is 0.269. The van der Waals surface area contributed by atoms with Crippen LogP contribution in [0.1, 0.15) is 20.3 Å². The Morgan fingerprint density at radius 2 is 2.00 bits per heavy atom. The Kier molecular flexibility index (Phi) is 11.6. The molecular formula is C19H33IN4S. The van der Waals surface area contributed by atoms with Gasteiger partial charge in [0, 0.05) is 43.9 Å². The number of benzene rings is 1. The smallest absolute Gasteiger partial charge is 0.193 e. The predicted octanol–water partition coefficient (Wildman–Crippen LogP) is 3.64. The summed E-state index contributed by atoms with van der Waals surface area (Å²) in [7, 11) is 1.89. The Labute approximate surface area is 174 Å². The molecule has 1 aromatic rings. The molecule has 142 valence electrons. The average molecular weight is 476 g/mol. The molecule has 1 N–H and O–H groups in total. The number of nitrogens with zero attached hydrogens (tertiary/aromatic N) is 3. The van der Waals surface area contributed by atoms with Gasteiger partial charge in [-0.05, 0) is 37.6 Å². The van der Waals surface area contributed by atoms with Gasteiger partial charge in [-0.25, -0.2) is 0 Å². The molecule has 6 heteroatoms. The first kappa shape index (κ1) is 22.6. The number of nitrogens with one attached hydrogen (secondary N) is 1. The van der Waals surface area contributed by atoms with Crippen molar-refractivity contribution in [3.63, 3.8) is 0 Å². The Morgan fingerprint density at radius 1 is 1.28 bits per heavy atom. The van der Waals surface area contributed by atoms with Gasteiger partial charge < -0.3 is 15.1 Å². The summed E-state index contributed by atoms with van der Waals surface area (Å²) in [6.07, 6.45) is 1.26. The SMILES string of the molecule is CCN(CC)CCNC(=NC)N1CCC(CSc2ccccc2)C1.I. The van der Waals surface area contributed by atoms with Crippen LogP contribution in [0.4, 0.5) is 0 Å². The molecule has 2 rings (SSSR count). The molecule has 0 radical (unpaired) electrons. The molecule has 0 spiro atoms. The van der Waals surface area contributed by atoms with Crippen LogP contribution in [0, 0.1) is 5.92 Å². The molecule has 1 fully saturated rings. The zero-order valence-corrected chi connectivity index (χ0v) is 18.9. The van der Waals surface area contributed by atoms with E-state index in [0.717, 1.165) is 51.1 Å². The minimum atomic E-state index is 0. The van der Waals surface area contributed by atoms with Crippen molar-refractivity contribution in [1.29, 1.82) is 0 Å². The number of hydrogen-bond donors (Lipinski definition) is 1. The number of likely N-dealkylation sites (N-methyl/N-ethyl adjacent to an activating group) is 1. The van der Waals surface area contributed by atoms with Crippen LogP contribution in [-0.2, 0) is 0 Å². The molecule has 0 bridgehead atoms. The topological polar surface area (TPSA) is 30.9 Å². The molecule has 1 heterocycles. The van der Waals surface area contributed by atoms with Crippen LogP contribution in [0.2, 0.25) is 0 Å². The second-order valence-electron chi connectivity index (χ2n) is 6.23. The molecule has 0 aromatic heterocycles. The van der Waals surface area contributed by atoms with Crippen LogP contribution >= 0.6 is 35.7 Å². The zero-order valence-electron chi connectivity index (χ0n) is 15.8. The third kappa shape index (κ3) is 7.74. The molecule has 1 atom stereocenters. The second kappa shape index (κ2) is 12.8. The molecule has 1 aliphatic heterocycles. The van der Waals surface area contributed by atoms with E-state index in [1.165, 1.54) is 17.1 Å². The fourth-order valence-electron chi connectivity index (χ4n) is 3.09. The number of likely N-dealkylation sites (tertiary alicyclic amines) is 1. The van der Waals surface area contributed by atoms with Gasteiger partial charge in [-0.1, -0.05) is 32.0 Å². The molecular weight excluding hydrogens is 443 g/mol. The van der Waals surface area contributed by atoms with E-state index in [0.29, 0.717) is 0 Å². The lowest BCUT2D eigenvalue weighted by Gasteiger charge is -2.24. The van der Waals surface area contributed by atoms with E-state index < -0.39 is 0 Å². The Morgan fingerprint density at radius 3 is 2.64 bits per heavy atom. The Hall–Kier alpha value is -0.470. The van der Waals surface area contributed by atoms with Gasteiger partial charge in [0.1, 0.15) is 0 Å². The van der Waals surface area contributed by atoms with Crippen LogP contribution in [0.5, 0.6) is 0 Å². The van der Waals surface area contributed by atoms with Crippen LogP contribution < -0.4 is 5.32 Å². The fraction of sp³-hybridized carbons (Fsp3) is 0.632. The highest BCUT2D eigenvalue weighted by atomic mass is 127. The maximum atomic E-state index is 4.48. The van der Waals surface area contributed by atoms with Crippen molar-refractivity contribution < 1.29 is 0 Å². The summed E-state index contributed by atoms with van der Waals surface area (Å²) in [5, 5.41) is 3.53. The van der Waals surface area contributed by atoms with Crippen molar-refractivity contribution >= 4 is 41.7 Å². The van der Waals surface area contributed by atoms with Gasteiger partial charge in [0.2, 0.25) is 0 Å². The molecule has 0 aliphatic carbocycles. The molecule has 0 amide bonds. The average Bonchev–Trinajstić information content (AvgIpc) is 3.10. The lowest BCUT2D eigenvalue weighted by molar-refractivity contribution is 0.306. The van der Waals surface area contributed by atoms with Gasteiger partial charge in [-0.2, -0.15) is 0 Å². The van der Waals surface area contributed by atoms with Gasteiger partial charge in [-0.15, -0.1) is 35.7 Å². The molecule has 1 aromatic carbocycles. The molecule has 1 aliphatic rings. The molecule has 4 nitrogen and oxygen atoms in total. The van der Waals surface area contributed by atoms with Gasteiger partial charge in [0.25, 0.3) is 0 Å². The third-order valence-electron chi connectivity index (χ3n) is 4.63. The first-order chi connectivity index (χ1) is 11.8. The summed E-state index contributed by atoms with van der Waals surface area (Å²) in [6.45, 7) is 10.9. The maximum Gasteiger partial charge on any atom is 0.193 e. The van der Waals surface area contributed by atoms with E-state index in [1.807, 2.05) is 18.8 Å². The van der Waals surface area contributed by atoms with Crippen LogP contribution in [0.25, 0.3) is 0 Å². The summed E-state index contributed by atoms with van der Waals surface area (Å²) in [5.74, 6) is 3.00. The lowest BCUT2D eigenvalue weighted by atomic mass is 10.2. The van der Waals surface area contributed by atoms with E-state index in [1.54, 1.807) is 0 Å². The number of aliphatic imine (C=N–C) groups is 1. The van der Waals surface area contributed by atoms with Crippen molar-refractivity contribution in [2.24, 2.45) is 10.9 Å². The summed E-state index contributed by atoms with van der Waals surface area (Å²) in [6, 6.07) is 10.7. The summed E-state index contributed by atoms with van der Waals surface area (Å²) in [5.41, 5.74) is 0. The van der Waals surface area contributed by atoms with Crippen molar-refractivity contribution in [2.75, 3.05) is 52.1 Å². The van der Waals surface area contributed by atoms with E-state index in [2.05, 4.69) is 64.3 Å². The predicted molar refractivity (Wildman–Crippen MR) is 121 cm³/mol. The highest BCUT2D eigenvalue weighted by Gasteiger charge is 2.24. The van der Waals surface area contributed by atoms with Crippen molar-refractivity contribution in [3.8, 4) is 0 Å². The molecule has 1 unspecified atom stereocenters. The van der Waals surface area contributed by atoms with Gasteiger partial charge >= 0.3 is 0 Å². The van der Waals surface area contributed by atoms with Crippen molar-refractivity contribution in [3.05, 3.63) is 30.3 Å². The van der Waals surface area contributed by atoms with E-state index >= 15 is 0 Å². The minimum absolute atomic E-state index is 0. The van der Waals surface area contributed by atoms with Crippen LogP contribution in [0.15, 0.2) is 40.2 Å². The minimum Gasteiger partial charge on any atom is -0.355 e. The van der Waals surface area contributed by atoms with Gasteiger partial charge in [-0.3, -0.25) is 4.99 Å². The van der Waals surface area contributed by atoms with Crippen molar-refractivity contribution in [2.45, 2.75) is 25.2 Å². The van der Waals surface area contributed by atoms with Crippen LogP contribution in [0.3, 0.4) is 0 Å².